The second kappa shape index (κ2) is 6.27. The van der Waals surface area contributed by atoms with Crippen LogP contribution < -0.4 is 10.1 Å². The maximum Gasteiger partial charge on any atom is 0.228 e. The molecule has 3 aromatic carbocycles. The van der Waals surface area contributed by atoms with E-state index in [0.29, 0.717) is 5.92 Å². The van der Waals surface area contributed by atoms with Crippen LogP contribution in [0.2, 0.25) is 0 Å². The average Bonchev–Trinajstić information content (AvgIpc) is 2.74. The molecule has 0 fully saturated rings. The minimum Gasteiger partial charge on any atom is -0.497 e. The molecule has 3 aliphatic carbocycles. The number of carbonyl (C=O) groups is 1. The normalized spacial score (nSPS) is 21.9. The van der Waals surface area contributed by atoms with Crippen LogP contribution in [0, 0.1) is 5.92 Å². The lowest BCUT2D eigenvalue weighted by Gasteiger charge is -2.44. The lowest BCUT2D eigenvalue weighted by molar-refractivity contribution is -0.121. The zero-order valence-corrected chi connectivity index (χ0v) is 15.2. The van der Waals surface area contributed by atoms with E-state index < -0.39 is 0 Å². The lowest BCUT2D eigenvalue weighted by atomic mass is 9.59. The number of carbonyl (C=O) groups excluding carboxylic acids is 1. The summed E-state index contributed by atoms with van der Waals surface area (Å²) < 4.78 is 5.27. The van der Waals surface area contributed by atoms with Crippen LogP contribution in [-0.2, 0) is 4.79 Å². The van der Waals surface area contributed by atoms with Crippen molar-refractivity contribution in [2.24, 2.45) is 5.92 Å². The maximum absolute atomic E-state index is 13.2. The summed E-state index contributed by atoms with van der Waals surface area (Å²) >= 11 is 0. The quantitative estimate of drug-likeness (QED) is 0.723. The number of ether oxygens (including phenoxy) is 1. The molecule has 6 rings (SSSR count). The summed E-state index contributed by atoms with van der Waals surface area (Å²) in [6.07, 6.45) is 0.856. The van der Waals surface area contributed by atoms with Crippen LogP contribution >= 0.6 is 0 Å². The van der Waals surface area contributed by atoms with Crippen LogP contribution in [0.3, 0.4) is 0 Å². The molecular formula is C24H21NO2. The predicted octanol–water partition coefficient (Wildman–Crippen LogP) is 4.93. The SMILES string of the molecule is COc1cccc(NC(=O)C2CC3c4ccccc4C2c2ccccc23)c1. The zero-order valence-electron chi connectivity index (χ0n) is 15.2. The fourth-order valence-electron chi connectivity index (χ4n) is 4.83. The molecule has 0 aliphatic heterocycles. The number of rotatable bonds is 3. The summed E-state index contributed by atoms with van der Waals surface area (Å²) in [5.74, 6) is 1.18. The Morgan fingerprint density at radius 3 is 2.15 bits per heavy atom. The third kappa shape index (κ3) is 2.54. The second-order valence-electron chi connectivity index (χ2n) is 7.35. The number of benzene rings is 3. The van der Waals surface area contributed by atoms with Crippen LogP contribution in [0.4, 0.5) is 5.69 Å². The predicted molar refractivity (Wildman–Crippen MR) is 106 cm³/mol. The highest BCUT2D eigenvalue weighted by atomic mass is 16.5. The van der Waals surface area contributed by atoms with Crippen molar-refractivity contribution in [2.45, 2.75) is 18.3 Å². The average molecular weight is 355 g/mol. The van der Waals surface area contributed by atoms with Gasteiger partial charge in [0.1, 0.15) is 5.75 Å². The molecule has 1 atom stereocenters. The minimum atomic E-state index is -0.0639. The molecular weight excluding hydrogens is 334 g/mol. The van der Waals surface area contributed by atoms with Gasteiger partial charge in [-0.1, -0.05) is 54.6 Å². The van der Waals surface area contributed by atoms with Crippen molar-refractivity contribution in [3.05, 3.63) is 95.1 Å². The van der Waals surface area contributed by atoms with E-state index in [1.54, 1.807) is 7.11 Å². The molecule has 0 aromatic heterocycles. The summed E-state index contributed by atoms with van der Waals surface area (Å²) in [6.45, 7) is 0. The summed E-state index contributed by atoms with van der Waals surface area (Å²) in [5.41, 5.74) is 6.15. The molecule has 27 heavy (non-hydrogen) atoms. The van der Waals surface area contributed by atoms with Gasteiger partial charge in [0.25, 0.3) is 0 Å². The molecule has 3 aromatic rings. The van der Waals surface area contributed by atoms with Crippen molar-refractivity contribution < 1.29 is 9.53 Å². The molecule has 1 unspecified atom stereocenters. The van der Waals surface area contributed by atoms with Gasteiger partial charge >= 0.3 is 0 Å². The number of hydrogen-bond donors (Lipinski definition) is 1. The molecule has 3 heteroatoms. The molecule has 0 saturated carbocycles. The molecule has 134 valence electrons. The Morgan fingerprint density at radius 1 is 0.889 bits per heavy atom. The van der Waals surface area contributed by atoms with Gasteiger partial charge < -0.3 is 10.1 Å². The first kappa shape index (κ1) is 16.1. The fourth-order valence-corrected chi connectivity index (χ4v) is 4.83. The number of nitrogens with one attached hydrogen (secondary N) is 1. The lowest BCUT2D eigenvalue weighted by Crippen LogP contribution is -2.38. The van der Waals surface area contributed by atoms with E-state index in [1.165, 1.54) is 22.3 Å². The van der Waals surface area contributed by atoms with Gasteiger partial charge in [-0.05, 0) is 40.8 Å². The largest absolute Gasteiger partial charge is 0.497 e. The standard InChI is InChI=1S/C24H21NO2/c1-27-16-8-6-7-15(13-16)25-24(26)22-14-21-17-9-2-4-11-19(17)23(22)20-12-5-3-10-18(20)21/h2-13,21-23H,14H2,1H3,(H,25,26). The minimum absolute atomic E-state index is 0.0639. The van der Waals surface area contributed by atoms with Crippen molar-refractivity contribution in [3.8, 4) is 5.75 Å². The van der Waals surface area contributed by atoms with Gasteiger partial charge in [-0.15, -0.1) is 0 Å². The highest BCUT2D eigenvalue weighted by Gasteiger charge is 2.45. The van der Waals surface area contributed by atoms with Gasteiger partial charge in [-0.2, -0.15) is 0 Å². The van der Waals surface area contributed by atoms with Crippen LogP contribution in [-0.4, -0.2) is 13.0 Å². The summed E-state index contributed by atoms with van der Waals surface area (Å²) in [4.78, 5) is 13.2. The monoisotopic (exact) mass is 355 g/mol. The van der Waals surface area contributed by atoms with E-state index in [2.05, 4.69) is 53.8 Å². The molecule has 3 aliphatic rings. The third-order valence-corrected chi connectivity index (χ3v) is 5.98. The number of anilines is 1. The van der Waals surface area contributed by atoms with E-state index in [0.717, 1.165) is 17.9 Å². The highest BCUT2D eigenvalue weighted by molar-refractivity contribution is 5.94. The Balaban J connectivity index is 1.52. The Kier molecular flexibility index (Phi) is 3.75. The van der Waals surface area contributed by atoms with Crippen LogP contribution in [0.5, 0.6) is 5.75 Å². The number of hydrogen-bond acceptors (Lipinski definition) is 2. The van der Waals surface area contributed by atoms with Crippen LogP contribution in [0.25, 0.3) is 0 Å². The first-order valence-electron chi connectivity index (χ1n) is 9.39. The number of methoxy groups -OCH3 is 1. The van der Waals surface area contributed by atoms with Gasteiger partial charge in [0, 0.05) is 23.6 Å². The first-order chi connectivity index (χ1) is 13.3. The molecule has 2 bridgehead atoms. The van der Waals surface area contributed by atoms with Crippen LogP contribution in [0.1, 0.15) is 40.5 Å². The van der Waals surface area contributed by atoms with E-state index >= 15 is 0 Å². The second-order valence-corrected chi connectivity index (χ2v) is 7.35. The highest BCUT2D eigenvalue weighted by Crippen LogP contribution is 2.55. The van der Waals surface area contributed by atoms with Crippen molar-refractivity contribution in [1.82, 2.24) is 0 Å². The molecule has 1 N–H and O–H groups in total. The van der Waals surface area contributed by atoms with E-state index in [-0.39, 0.29) is 17.7 Å². The zero-order chi connectivity index (χ0) is 18.4. The Hall–Kier alpha value is -3.07. The van der Waals surface area contributed by atoms with Crippen LogP contribution in [0.15, 0.2) is 72.8 Å². The topological polar surface area (TPSA) is 38.3 Å². The summed E-state index contributed by atoms with van der Waals surface area (Å²) in [5, 5.41) is 3.11. The molecule has 1 amide bonds. The van der Waals surface area contributed by atoms with Gasteiger partial charge in [-0.3, -0.25) is 4.79 Å². The van der Waals surface area contributed by atoms with E-state index in [9.17, 15) is 4.79 Å². The van der Waals surface area contributed by atoms with Gasteiger partial charge in [0.15, 0.2) is 0 Å². The Labute approximate surface area is 159 Å². The summed E-state index contributed by atoms with van der Waals surface area (Å²) in [7, 11) is 1.63. The Morgan fingerprint density at radius 2 is 1.52 bits per heavy atom. The first-order valence-corrected chi connectivity index (χ1v) is 9.39. The number of fused-ring (bicyclic) bond motifs is 1. The Bertz CT molecular complexity index is 979. The van der Waals surface area contributed by atoms with Gasteiger partial charge in [0.05, 0.1) is 13.0 Å². The molecule has 0 heterocycles. The maximum atomic E-state index is 13.2. The molecule has 0 saturated heterocycles. The van der Waals surface area contributed by atoms with Crippen molar-refractivity contribution in [1.29, 1.82) is 0 Å². The molecule has 0 radical (unpaired) electrons. The van der Waals surface area contributed by atoms with E-state index in [1.807, 2.05) is 24.3 Å². The van der Waals surface area contributed by atoms with Gasteiger partial charge in [0.2, 0.25) is 5.91 Å². The van der Waals surface area contributed by atoms with Crippen molar-refractivity contribution in [3.63, 3.8) is 0 Å². The van der Waals surface area contributed by atoms with Crippen molar-refractivity contribution >= 4 is 11.6 Å². The smallest absolute Gasteiger partial charge is 0.228 e. The van der Waals surface area contributed by atoms with Crippen molar-refractivity contribution in [2.75, 3.05) is 12.4 Å². The fraction of sp³-hybridized carbons (Fsp3) is 0.208. The molecule has 3 nitrogen and oxygen atoms in total. The number of amides is 1. The molecule has 0 spiro atoms. The summed E-state index contributed by atoms with van der Waals surface area (Å²) in [6, 6.07) is 24.7. The van der Waals surface area contributed by atoms with Gasteiger partial charge in [-0.25, -0.2) is 0 Å². The van der Waals surface area contributed by atoms with E-state index in [4.69, 9.17) is 4.74 Å². The third-order valence-electron chi connectivity index (χ3n) is 5.98.